The van der Waals surface area contributed by atoms with Crippen LogP contribution in [0.5, 0.6) is 0 Å². The molecule has 1 N–H and O–H groups in total. The second-order valence-corrected chi connectivity index (χ2v) is 9.03. The maximum Gasteiger partial charge on any atom is 0.323 e. The van der Waals surface area contributed by atoms with Gasteiger partial charge in [-0.2, -0.15) is 5.26 Å². The van der Waals surface area contributed by atoms with Gasteiger partial charge in [-0.3, -0.25) is 9.69 Å². The fourth-order valence-electron chi connectivity index (χ4n) is 4.99. The zero-order valence-electron chi connectivity index (χ0n) is 20.2. The topological polar surface area (TPSA) is 82.0 Å². The minimum Gasteiger partial charge on any atom is -0.465 e. The highest BCUT2D eigenvalue weighted by Crippen LogP contribution is 2.35. The van der Waals surface area contributed by atoms with E-state index in [1.54, 1.807) is 6.33 Å². The molecule has 2 heterocycles. The van der Waals surface area contributed by atoms with E-state index in [1.165, 1.54) is 16.7 Å². The maximum absolute atomic E-state index is 13.2. The molecular weight excluding hydrogens is 448 g/mol. The van der Waals surface area contributed by atoms with Crippen molar-refractivity contribution < 1.29 is 9.53 Å². The smallest absolute Gasteiger partial charge is 0.323 e. The number of hydrogen-bond acceptors (Lipinski definition) is 5. The van der Waals surface area contributed by atoms with Crippen molar-refractivity contribution in [3.8, 4) is 17.2 Å². The average Bonchev–Trinajstić information content (AvgIpc) is 3.46. The van der Waals surface area contributed by atoms with Crippen molar-refractivity contribution in [1.29, 1.82) is 5.26 Å². The number of carbonyl (C=O) groups excluding carboxylic acids is 1. The quantitative estimate of drug-likeness (QED) is 0.370. The third kappa shape index (κ3) is 4.93. The van der Waals surface area contributed by atoms with Gasteiger partial charge in [0.05, 0.1) is 36.3 Å². The van der Waals surface area contributed by atoms with Crippen molar-refractivity contribution in [1.82, 2.24) is 14.9 Å². The Hall–Kier alpha value is -4.21. The summed E-state index contributed by atoms with van der Waals surface area (Å²) in [5.41, 5.74) is 7.36. The van der Waals surface area contributed by atoms with Crippen molar-refractivity contribution in [3.63, 3.8) is 0 Å². The van der Waals surface area contributed by atoms with E-state index in [4.69, 9.17) is 4.74 Å². The number of nitriles is 1. The number of rotatable bonds is 7. The van der Waals surface area contributed by atoms with Crippen LogP contribution in [0.4, 0.5) is 0 Å². The van der Waals surface area contributed by atoms with E-state index in [0.29, 0.717) is 31.6 Å². The minimum absolute atomic E-state index is 0.122. The van der Waals surface area contributed by atoms with E-state index in [1.807, 2.05) is 55.6 Å². The Morgan fingerprint density at radius 3 is 2.61 bits per heavy atom. The summed E-state index contributed by atoms with van der Waals surface area (Å²) in [6, 6.07) is 26.1. The van der Waals surface area contributed by atoms with Crippen molar-refractivity contribution >= 4 is 5.97 Å². The van der Waals surface area contributed by atoms with Crippen LogP contribution >= 0.6 is 0 Å². The molecule has 0 amide bonds. The molecule has 0 fully saturated rings. The lowest BCUT2D eigenvalue weighted by molar-refractivity contribution is -0.151. The van der Waals surface area contributed by atoms with E-state index in [0.717, 1.165) is 16.8 Å². The van der Waals surface area contributed by atoms with Gasteiger partial charge in [-0.15, -0.1) is 0 Å². The molecule has 36 heavy (non-hydrogen) atoms. The number of aromatic amines is 1. The number of carbonyl (C=O) groups is 1. The van der Waals surface area contributed by atoms with Crippen molar-refractivity contribution in [2.45, 2.75) is 38.4 Å². The Morgan fingerprint density at radius 1 is 1.11 bits per heavy atom. The molecule has 6 nitrogen and oxygen atoms in total. The molecule has 0 spiro atoms. The number of hydrogen-bond donors (Lipinski definition) is 1. The van der Waals surface area contributed by atoms with Crippen LogP contribution in [0.15, 0.2) is 85.3 Å². The van der Waals surface area contributed by atoms with E-state index in [2.05, 4.69) is 51.3 Å². The van der Waals surface area contributed by atoms with Gasteiger partial charge in [0.2, 0.25) is 0 Å². The maximum atomic E-state index is 13.2. The highest BCUT2D eigenvalue weighted by Gasteiger charge is 2.38. The Morgan fingerprint density at radius 2 is 1.92 bits per heavy atom. The van der Waals surface area contributed by atoms with E-state index in [9.17, 15) is 10.1 Å². The first-order chi connectivity index (χ1) is 17.7. The van der Waals surface area contributed by atoms with Crippen LogP contribution in [0, 0.1) is 11.3 Å². The van der Waals surface area contributed by atoms with Gasteiger partial charge in [0.1, 0.15) is 6.04 Å². The predicted octanol–water partition coefficient (Wildman–Crippen LogP) is 5.22. The summed E-state index contributed by atoms with van der Waals surface area (Å²) >= 11 is 0. The molecule has 1 aromatic heterocycles. The summed E-state index contributed by atoms with van der Waals surface area (Å²) < 4.78 is 5.53. The first-order valence-electron chi connectivity index (χ1n) is 12.2. The molecule has 0 saturated heterocycles. The van der Waals surface area contributed by atoms with Crippen LogP contribution in [0.2, 0.25) is 0 Å². The highest BCUT2D eigenvalue weighted by molar-refractivity contribution is 5.77. The van der Waals surface area contributed by atoms with Gasteiger partial charge in [-0.1, -0.05) is 54.6 Å². The Labute approximate surface area is 211 Å². The number of imidazole rings is 1. The van der Waals surface area contributed by atoms with Gasteiger partial charge < -0.3 is 9.72 Å². The molecule has 1 aliphatic heterocycles. The molecule has 0 aliphatic carbocycles. The molecule has 0 radical (unpaired) electrons. The molecule has 0 bridgehead atoms. The molecule has 2 atom stereocenters. The molecule has 4 aromatic rings. The van der Waals surface area contributed by atoms with Crippen LogP contribution in [-0.4, -0.2) is 33.5 Å². The summed E-state index contributed by atoms with van der Waals surface area (Å²) in [5.74, 6) is -0.209. The Bertz CT molecular complexity index is 1360. The highest BCUT2D eigenvalue weighted by atomic mass is 16.5. The fraction of sp³-hybridized carbons (Fsp3) is 0.233. The lowest BCUT2D eigenvalue weighted by atomic mass is 9.88. The summed E-state index contributed by atoms with van der Waals surface area (Å²) in [6.07, 6.45) is 4.75. The van der Waals surface area contributed by atoms with Gasteiger partial charge in [0, 0.05) is 12.7 Å². The molecule has 0 saturated carbocycles. The number of benzene rings is 3. The Balaban J connectivity index is 1.53. The van der Waals surface area contributed by atoms with Crippen molar-refractivity contribution in [2.24, 2.45) is 0 Å². The minimum atomic E-state index is -0.410. The number of H-pyrrole nitrogens is 1. The first-order valence-corrected chi connectivity index (χ1v) is 12.2. The summed E-state index contributed by atoms with van der Waals surface area (Å²) in [6.45, 7) is 2.79. The van der Waals surface area contributed by atoms with Gasteiger partial charge in [-0.05, 0) is 65.8 Å². The molecule has 180 valence electrons. The lowest BCUT2D eigenvalue weighted by Gasteiger charge is -2.40. The summed E-state index contributed by atoms with van der Waals surface area (Å²) in [5, 5.41) is 9.19. The number of nitrogens with one attached hydrogen (secondary N) is 1. The van der Waals surface area contributed by atoms with Gasteiger partial charge in [0.15, 0.2) is 0 Å². The van der Waals surface area contributed by atoms with Gasteiger partial charge in [-0.25, -0.2) is 4.98 Å². The SMILES string of the molecule is CCOC(=O)[C@@H]1Cc2ccc(-c3ccccc3)cc2CN1C(Cc1ccc(C#N)cc1)c1cnc[nH]1. The molecule has 1 unspecified atom stereocenters. The average molecular weight is 477 g/mol. The van der Waals surface area contributed by atoms with Crippen molar-refractivity contribution in [3.05, 3.63) is 113 Å². The molecule has 3 aromatic carbocycles. The fourth-order valence-corrected chi connectivity index (χ4v) is 4.99. The number of nitrogens with zero attached hydrogens (tertiary/aromatic N) is 3. The second-order valence-electron chi connectivity index (χ2n) is 9.03. The van der Waals surface area contributed by atoms with Crippen LogP contribution in [0.25, 0.3) is 11.1 Å². The third-order valence-corrected chi connectivity index (χ3v) is 6.83. The third-order valence-electron chi connectivity index (χ3n) is 6.83. The normalized spacial score (nSPS) is 16.1. The molecule has 1 aliphatic rings. The monoisotopic (exact) mass is 476 g/mol. The summed E-state index contributed by atoms with van der Waals surface area (Å²) in [4.78, 5) is 23.0. The van der Waals surface area contributed by atoms with Crippen molar-refractivity contribution in [2.75, 3.05) is 6.61 Å². The van der Waals surface area contributed by atoms with Gasteiger partial charge in [0.25, 0.3) is 0 Å². The van der Waals surface area contributed by atoms with Crippen LogP contribution in [0.1, 0.15) is 40.9 Å². The molecular formula is C30H28N4O2. The molecule has 6 heteroatoms. The van der Waals surface area contributed by atoms with E-state index >= 15 is 0 Å². The van der Waals surface area contributed by atoms with E-state index in [-0.39, 0.29) is 12.0 Å². The van der Waals surface area contributed by atoms with Crippen LogP contribution < -0.4 is 0 Å². The number of aromatic nitrogens is 2. The first kappa shape index (κ1) is 23.5. The zero-order valence-corrected chi connectivity index (χ0v) is 20.2. The largest absolute Gasteiger partial charge is 0.465 e. The molecule has 5 rings (SSSR count). The van der Waals surface area contributed by atoms with Gasteiger partial charge >= 0.3 is 5.97 Å². The zero-order chi connectivity index (χ0) is 24.9. The van der Waals surface area contributed by atoms with Crippen LogP contribution in [-0.2, 0) is 28.9 Å². The predicted molar refractivity (Wildman–Crippen MR) is 138 cm³/mol. The lowest BCUT2D eigenvalue weighted by Crippen LogP contribution is -2.48. The Kier molecular flexibility index (Phi) is 6.92. The van der Waals surface area contributed by atoms with E-state index < -0.39 is 6.04 Å². The summed E-state index contributed by atoms with van der Waals surface area (Å²) in [7, 11) is 0. The second kappa shape index (κ2) is 10.6. The van der Waals surface area contributed by atoms with Crippen LogP contribution in [0.3, 0.4) is 0 Å². The number of esters is 1. The number of ether oxygens (including phenoxy) is 1. The number of fused-ring (bicyclic) bond motifs is 1. The standard InChI is InChI=1S/C30H28N4O2/c1-2-36-30(35)29-16-25-13-12-24(23-6-4-3-5-7-23)15-26(25)19-34(29)28(27-18-32-20-33-27)14-21-8-10-22(17-31)11-9-21/h3-13,15,18,20,28-29H,2,14,16,19H2,1H3,(H,32,33)/t28?,29-/m0/s1.